The monoisotopic (exact) mass is 148 g/mol. The molecule has 0 fully saturated rings. The van der Waals surface area contributed by atoms with E-state index in [0.717, 1.165) is 18.5 Å². The third-order valence-corrected chi connectivity index (χ3v) is 1.53. The maximum atomic E-state index is 3.81. The highest BCUT2D eigenvalue weighted by molar-refractivity contribution is 6.01. The summed E-state index contributed by atoms with van der Waals surface area (Å²) in [6.45, 7) is 7.01. The Balaban J connectivity index is 2.57. The lowest BCUT2D eigenvalue weighted by molar-refractivity contribution is -0.455. The molecular formula is C10H14N+. The van der Waals surface area contributed by atoms with Gasteiger partial charge in [-0.05, 0) is 17.7 Å². The molecule has 0 saturated heterocycles. The standard InChI is InChI=1S/C10H13N/c1-3-8-11-10-6-4-9(2)5-7-10/h4-7H,2-3,8H2,1H3/p+1. The molecule has 11 heavy (non-hydrogen) atoms. The molecule has 1 aliphatic carbocycles. The fraction of sp³-hybridized carbons (Fsp3) is 0.300. The summed E-state index contributed by atoms with van der Waals surface area (Å²) in [5, 5.41) is 0. The number of allylic oxidation sites excluding steroid dienone is 5. The topological polar surface area (TPSA) is 14.0 Å². The molecule has 1 N–H and O–H groups in total. The minimum atomic E-state index is 1.04. The molecule has 0 aromatic rings. The Labute approximate surface area is 67.8 Å². The van der Waals surface area contributed by atoms with Crippen molar-refractivity contribution in [3.05, 3.63) is 36.5 Å². The number of hydrogen-bond donors (Lipinski definition) is 1. The maximum absolute atomic E-state index is 3.81. The van der Waals surface area contributed by atoms with Gasteiger partial charge in [-0.15, -0.1) is 0 Å². The first-order chi connectivity index (χ1) is 5.33. The molecule has 0 spiro atoms. The molecule has 0 unspecified atom stereocenters. The van der Waals surface area contributed by atoms with E-state index >= 15 is 0 Å². The van der Waals surface area contributed by atoms with Crippen molar-refractivity contribution >= 4 is 5.71 Å². The van der Waals surface area contributed by atoms with Crippen molar-refractivity contribution in [2.24, 2.45) is 0 Å². The summed E-state index contributed by atoms with van der Waals surface area (Å²) in [6.07, 6.45) is 9.29. The van der Waals surface area contributed by atoms with Gasteiger partial charge in [0.15, 0.2) is 5.71 Å². The van der Waals surface area contributed by atoms with E-state index in [4.69, 9.17) is 0 Å². The van der Waals surface area contributed by atoms with Crippen LogP contribution in [-0.4, -0.2) is 12.3 Å². The van der Waals surface area contributed by atoms with Crippen LogP contribution in [0.4, 0.5) is 0 Å². The van der Waals surface area contributed by atoms with E-state index in [1.54, 1.807) is 0 Å². The lowest BCUT2D eigenvalue weighted by Crippen LogP contribution is -2.72. The first-order valence-corrected chi connectivity index (χ1v) is 3.99. The fourth-order valence-corrected chi connectivity index (χ4v) is 0.892. The summed E-state index contributed by atoms with van der Waals surface area (Å²) in [5.74, 6) is 0. The van der Waals surface area contributed by atoms with Crippen molar-refractivity contribution in [1.82, 2.24) is 0 Å². The molecule has 1 nitrogen and oxygen atoms in total. The van der Waals surface area contributed by atoms with Gasteiger partial charge in [-0.3, -0.25) is 0 Å². The Kier molecular flexibility index (Phi) is 2.84. The quantitative estimate of drug-likeness (QED) is 0.589. The third kappa shape index (κ3) is 2.54. The second-order valence-corrected chi connectivity index (χ2v) is 2.62. The summed E-state index contributed by atoms with van der Waals surface area (Å²) in [6, 6.07) is 0. The van der Waals surface area contributed by atoms with Gasteiger partial charge in [-0.25, -0.2) is 4.99 Å². The molecule has 0 aliphatic heterocycles. The zero-order valence-electron chi connectivity index (χ0n) is 6.93. The highest BCUT2D eigenvalue weighted by Gasteiger charge is 1.99. The van der Waals surface area contributed by atoms with Crippen molar-refractivity contribution in [2.75, 3.05) is 6.54 Å². The molecule has 0 aromatic heterocycles. The average molecular weight is 148 g/mol. The molecule has 0 amide bonds. The number of nitrogens with one attached hydrogen (secondary N) is 1. The molecule has 0 aromatic carbocycles. The van der Waals surface area contributed by atoms with Crippen LogP contribution in [0.25, 0.3) is 0 Å². The predicted octanol–water partition coefficient (Wildman–Crippen LogP) is 0.600. The second-order valence-electron chi connectivity index (χ2n) is 2.62. The molecular weight excluding hydrogens is 134 g/mol. The van der Waals surface area contributed by atoms with Crippen molar-refractivity contribution < 1.29 is 4.99 Å². The Morgan fingerprint density at radius 1 is 1.27 bits per heavy atom. The van der Waals surface area contributed by atoms with Gasteiger partial charge >= 0.3 is 0 Å². The highest BCUT2D eigenvalue weighted by Crippen LogP contribution is 2.00. The van der Waals surface area contributed by atoms with Crippen molar-refractivity contribution in [2.45, 2.75) is 13.3 Å². The molecule has 58 valence electrons. The molecule has 0 radical (unpaired) electrons. The van der Waals surface area contributed by atoms with Crippen LogP contribution in [0.2, 0.25) is 0 Å². The van der Waals surface area contributed by atoms with Crippen LogP contribution in [0, 0.1) is 0 Å². The lowest BCUT2D eigenvalue weighted by Gasteiger charge is -1.95. The molecule has 0 saturated carbocycles. The van der Waals surface area contributed by atoms with E-state index in [1.165, 1.54) is 5.71 Å². The lowest BCUT2D eigenvalue weighted by atomic mass is 10.1. The van der Waals surface area contributed by atoms with Crippen molar-refractivity contribution in [3.8, 4) is 0 Å². The van der Waals surface area contributed by atoms with E-state index in [-0.39, 0.29) is 0 Å². The van der Waals surface area contributed by atoms with Gasteiger partial charge in [0.05, 0.1) is 0 Å². The SMILES string of the molecule is C=C1C=CC(=[NH+]CCC)C=C1. The minimum Gasteiger partial charge on any atom is -0.242 e. The van der Waals surface area contributed by atoms with Crippen molar-refractivity contribution in [3.63, 3.8) is 0 Å². The number of hydrogen-bond acceptors (Lipinski definition) is 0. The zero-order chi connectivity index (χ0) is 8.10. The van der Waals surface area contributed by atoms with Crippen LogP contribution in [0.5, 0.6) is 0 Å². The Bertz CT molecular complexity index is 213. The van der Waals surface area contributed by atoms with Crippen LogP contribution in [0.15, 0.2) is 36.5 Å². The molecule has 1 heteroatoms. The molecule has 1 aliphatic rings. The van der Waals surface area contributed by atoms with E-state index in [0.29, 0.717) is 0 Å². The molecule has 0 atom stereocenters. The largest absolute Gasteiger partial charge is 0.242 e. The van der Waals surface area contributed by atoms with Crippen LogP contribution < -0.4 is 4.99 Å². The van der Waals surface area contributed by atoms with Crippen molar-refractivity contribution in [1.29, 1.82) is 0 Å². The third-order valence-electron chi connectivity index (χ3n) is 1.53. The molecule has 0 heterocycles. The summed E-state index contributed by atoms with van der Waals surface area (Å²) < 4.78 is 0. The molecule has 1 rings (SSSR count). The summed E-state index contributed by atoms with van der Waals surface area (Å²) in [7, 11) is 0. The van der Waals surface area contributed by atoms with Crippen LogP contribution in [0.3, 0.4) is 0 Å². The second kappa shape index (κ2) is 3.91. The molecule has 0 bridgehead atoms. The van der Waals surface area contributed by atoms with Gasteiger partial charge in [-0.1, -0.05) is 13.5 Å². The van der Waals surface area contributed by atoms with E-state index < -0.39 is 0 Å². The first kappa shape index (κ1) is 7.99. The van der Waals surface area contributed by atoms with E-state index in [1.807, 2.05) is 12.2 Å². The Morgan fingerprint density at radius 2 is 1.91 bits per heavy atom. The van der Waals surface area contributed by atoms with Crippen LogP contribution in [0.1, 0.15) is 13.3 Å². The minimum absolute atomic E-state index is 1.04. The van der Waals surface area contributed by atoms with Gasteiger partial charge in [0.25, 0.3) is 0 Å². The smallest absolute Gasteiger partial charge is 0.198 e. The number of rotatable bonds is 2. The van der Waals surface area contributed by atoms with Gasteiger partial charge in [0.1, 0.15) is 6.54 Å². The van der Waals surface area contributed by atoms with Crippen LogP contribution >= 0.6 is 0 Å². The first-order valence-electron chi connectivity index (χ1n) is 3.99. The van der Waals surface area contributed by atoms with Gasteiger partial charge in [-0.2, -0.15) is 0 Å². The zero-order valence-corrected chi connectivity index (χ0v) is 6.93. The van der Waals surface area contributed by atoms with Gasteiger partial charge in [0.2, 0.25) is 0 Å². The van der Waals surface area contributed by atoms with Gasteiger partial charge < -0.3 is 0 Å². The van der Waals surface area contributed by atoms with E-state index in [9.17, 15) is 0 Å². The highest BCUT2D eigenvalue weighted by atomic mass is 14.7. The Morgan fingerprint density at radius 3 is 2.45 bits per heavy atom. The normalized spacial score (nSPS) is 15.7. The fourth-order valence-electron chi connectivity index (χ4n) is 0.892. The Hall–Kier alpha value is -1.11. The summed E-state index contributed by atoms with van der Waals surface area (Å²) >= 11 is 0. The summed E-state index contributed by atoms with van der Waals surface area (Å²) in [4.78, 5) is 3.29. The van der Waals surface area contributed by atoms with Gasteiger partial charge in [0, 0.05) is 18.6 Å². The van der Waals surface area contributed by atoms with Crippen LogP contribution in [-0.2, 0) is 0 Å². The summed E-state index contributed by atoms with van der Waals surface area (Å²) in [5.41, 5.74) is 2.24. The maximum Gasteiger partial charge on any atom is 0.198 e. The predicted molar refractivity (Wildman–Crippen MR) is 48.5 cm³/mol. The van der Waals surface area contributed by atoms with E-state index in [2.05, 4.69) is 30.6 Å². The average Bonchev–Trinajstić information content (AvgIpc) is 2.04.